The fraction of sp³-hybridized carbons (Fsp3) is 1.00. The monoisotopic (exact) mass is 186 g/mol. The summed E-state index contributed by atoms with van der Waals surface area (Å²) in [5, 5.41) is 7.79. The van der Waals surface area contributed by atoms with E-state index in [2.05, 4.69) is 22.4 Å². The Labute approximate surface area is 78.9 Å². The molecule has 1 unspecified atom stereocenters. The van der Waals surface area contributed by atoms with Gasteiger partial charge in [-0.2, -0.15) is 11.8 Å². The van der Waals surface area contributed by atoms with Crippen LogP contribution in [0.4, 0.5) is 0 Å². The van der Waals surface area contributed by atoms with Gasteiger partial charge in [0.05, 0.1) is 0 Å². The topological polar surface area (TPSA) is 24.1 Å². The van der Waals surface area contributed by atoms with Gasteiger partial charge in [0.2, 0.25) is 0 Å². The molecule has 2 aliphatic rings. The van der Waals surface area contributed by atoms with Crippen molar-refractivity contribution in [2.24, 2.45) is 0 Å². The number of hydrogen-bond acceptors (Lipinski definition) is 3. The highest BCUT2D eigenvalue weighted by molar-refractivity contribution is 7.99. The standard InChI is InChI=1S/C9H18N2S/c1-2-4-12-9(3-1)7-11-8-5-10-6-8/h8-11H,1-7H2. The zero-order valence-electron chi connectivity index (χ0n) is 7.51. The van der Waals surface area contributed by atoms with E-state index in [1.807, 2.05) is 0 Å². The van der Waals surface area contributed by atoms with Crippen LogP contribution in [0.1, 0.15) is 19.3 Å². The zero-order valence-corrected chi connectivity index (χ0v) is 8.33. The van der Waals surface area contributed by atoms with Gasteiger partial charge in [0.1, 0.15) is 0 Å². The normalized spacial score (nSPS) is 31.5. The fourth-order valence-corrected chi connectivity index (χ4v) is 2.95. The Hall–Kier alpha value is 0.270. The van der Waals surface area contributed by atoms with Crippen LogP contribution in [0.15, 0.2) is 0 Å². The highest BCUT2D eigenvalue weighted by Gasteiger charge is 2.19. The minimum atomic E-state index is 0.771. The second-order valence-electron chi connectivity index (χ2n) is 3.75. The van der Waals surface area contributed by atoms with Gasteiger partial charge in [-0.05, 0) is 18.6 Å². The van der Waals surface area contributed by atoms with Crippen molar-refractivity contribution < 1.29 is 0 Å². The molecule has 2 heterocycles. The molecule has 0 saturated carbocycles. The smallest absolute Gasteiger partial charge is 0.0318 e. The van der Waals surface area contributed by atoms with Crippen LogP contribution in [-0.4, -0.2) is 36.7 Å². The van der Waals surface area contributed by atoms with Crippen LogP contribution in [0.2, 0.25) is 0 Å². The van der Waals surface area contributed by atoms with Gasteiger partial charge in [-0.3, -0.25) is 0 Å². The molecule has 2 rings (SSSR count). The van der Waals surface area contributed by atoms with E-state index >= 15 is 0 Å². The summed E-state index contributed by atoms with van der Waals surface area (Å²) in [6, 6.07) is 0.771. The van der Waals surface area contributed by atoms with Gasteiger partial charge in [-0.15, -0.1) is 0 Å². The summed E-state index contributed by atoms with van der Waals surface area (Å²) in [7, 11) is 0. The molecule has 0 aromatic rings. The molecule has 2 nitrogen and oxygen atoms in total. The van der Waals surface area contributed by atoms with Crippen molar-refractivity contribution in [3.05, 3.63) is 0 Å². The Balaban J connectivity index is 1.58. The van der Waals surface area contributed by atoms with Crippen molar-refractivity contribution in [1.29, 1.82) is 0 Å². The molecular formula is C9H18N2S. The predicted molar refractivity (Wildman–Crippen MR) is 54.8 cm³/mol. The first-order valence-corrected chi connectivity index (χ1v) is 6.06. The van der Waals surface area contributed by atoms with E-state index < -0.39 is 0 Å². The molecule has 0 aliphatic carbocycles. The molecule has 12 heavy (non-hydrogen) atoms. The van der Waals surface area contributed by atoms with Crippen LogP contribution in [-0.2, 0) is 0 Å². The van der Waals surface area contributed by atoms with Crippen LogP contribution in [0.5, 0.6) is 0 Å². The molecule has 2 saturated heterocycles. The molecule has 0 spiro atoms. The van der Waals surface area contributed by atoms with Gasteiger partial charge in [-0.1, -0.05) is 6.42 Å². The second-order valence-corrected chi connectivity index (χ2v) is 5.16. The maximum atomic E-state index is 3.61. The summed E-state index contributed by atoms with van der Waals surface area (Å²) < 4.78 is 0. The van der Waals surface area contributed by atoms with Gasteiger partial charge in [0.15, 0.2) is 0 Å². The van der Waals surface area contributed by atoms with Crippen molar-refractivity contribution >= 4 is 11.8 Å². The molecular weight excluding hydrogens is 168 g/mol. The molecule has 0 amide bonds. The first kappa shape index (κ1) is 8.85. The van der Waals surface area contributed by atoms with E-state index in [0.29, 0.717) is 0 Å². The molecule has 0 aromatic carbocycles. The minimum absolute atomic E-state index is 0.771. The molecule has 0 bridgehead atoms. The number of rotatable bonds is 3. The lowest BCUT2D eigenvalue weighted by atomic mass is 10.1. The summed E-state index contributed by atoms with van der Waals surface area (Å²) in [4.78, 5) is 0. The van der Waals surface area contributed by atoms with E-state index in [-0.39, 0.29) is 0 Å². The molecule has 0 aromatic heterocycles. The van der Waals surface area contributed by atoms with Gasteiger partial charge in [-0.25, -0.2) is 0 Å². The van der Waals surface area contributed by atoms with E-state index in [1.165, 1.54) is 44.6 Å². The van der Waals surface area contributed by atoms with Crippen LogP contribution in [0, 0.1) is 0 Å². The van der Waals surface area contributed by atoms with E-state index in [1.54, 1.807) is 0 Å². The van der Waals surface area contributed by atoms with Gasteiger partial charge < -0.3 is 10.6 Å². The van der Waals surface area contributed by atoms with Crippen molar-refractivity contribution in [3.63, 3.8) is 0 Å². The van der Waals surface area contributed by atoms with Crippen LogP contribution in [0.25, 0.3) is 0 Å². The maximum Gasteiger partial charge on any atom is 0.0318 e. The second kappa shape index (κ2) is 4.49. The van der Waals surface area contributed by atoms with Gasteiger partial charge >= 0.3 is 0 Å². The van der Waals surface area contributed by atoms with Gasteiger partial charge in [0, 0.05) is 30.9 Å². The third-order valence-corrected chi connectivity index (χ3v) is 4.09. The highest BCUT2D eigenvalue weighted by atomic mass is 32.2. The number of thioether (sulfide) groups is 1. The Morgan fingerprint density at radius 2 is 2.25 bits per heavy atom. The Kier molecular flexibility index (Phi) is 3.31. The summed E-state index contributed by atoms with van der Waals surface area (Å²) in [5.74, 6) is 1.38. The molecule has 2 N–H and O–H groups in total. The third kappa shape index (κ3) is 2.38. The van der Waals surface area contributed by atoms with Crippen molar-refractivity contribution in [3.8, 4) is 0 Å². The average molecular weight is 186 g/mol. The summed E-state index contributed by atoms with van der Waals surface area (Å²) in [6.07, 6.45) is 4.31. The molecule has 3 heteroatoms. The number of hydrogen-bond donors (Lipinski definition) is 2. The summed E-state index contributed by atoms with van der Waals surface area (Å²) in [5.41, 5.74) is 0. The highest BCUT2D eigenvalue weighted by Crippen LogP contribution is 2.24. The van der Waals surface area contributed by atoms with Crippen LogP contribution >= 0.6 is 11.8 Å². The molecule has 1 atom stereocenters. The maximum absolute atomic E-state index is 3.61. The Morgan fingerprint density at radius 1 is 1.33 bits per heavy atom. The van der Waals surface area contributed by atoms with E-state index in [9.17, 15) is 0 Å². The quantitative estimate of drug-likeness (QED) is 0.683. The average Bonchev–Trinajstić information content (AvgIpc) is 2.04. The van der Waals surface area contributed by atoms with E-state index in [0.717, 1.165) is 11.3 Å². The lowest BCUT2D eigenvalue weighted by molar-refractivity contribution is 0.364. The van der Waals surface area contributed by atoms with Crippen LogP contribution < -0.4 is 10.6 Å². The summed E-state index contributed by atoms with van der Waals surface area (Å²) >= 11 is 2.16. The third-order valence-electron chi connectivity index (χ3n) is 2.69. The lowest BCUT2D eigenvalue weighted by Crippen LogP contribution is -2.56. The molecule has 70 valence electrons. The Morgan fingerprint density at radius 3 is 2.83 bits per heavy atom. The largest absolute Gasteiger partial charge is 0.314 e. The minimum Gasteiger partial charge on any atom is -0.314 e. The van der Waals surface area contributed by atoms with Crippen molar-refractivity contribution in [2.45, 2.75) is 30.6 Å². The lowest BCUT2D eigenvalue weighted by Gasteiger charge is -2.31. The Bertz CT molecular complexity index is 130. The molecule has 0 radical (unpaired) electrons. The molecule has 2 fully saturated rings. The SMILES string of the molecule is C1CCC(CNC2CNC2)SC1. The van der Waals surface area contributed by atoms with Crippen LogP contribution in [0.3, 0.4) is 0 Å². The number of nitrogens with one attached hydrogen (secondary N) is 2. The molecule has 2 aliphatic heterocycles. The first-order valence-electron chi connectivity index (χ1n) is 5.01. The summed E-state index contributed by atoms with van der Waals surface area (Å²) in [6.45, 7) is 3.59. The van der Waals surface area contributed by atoms with Gasteiger partial charge in [0.25, 0.3) is 0 Å². The fourth-order valence-electron chi connectivity index (χ4n) is 1.70. The first-order chi connectivity index (χ1) is 5.95. The predicted octanol–water partition coefficient (Wildman–Crippen LogP) is 0.834. The zero-order chi connectivity index (χ0) is 8.23. The van der Waals surface area contributed by atoms with E-state index in [4.69, 9.17) is 0 Å². The van der Waals surface area contributed by atoms with Crippen molar-refractivity contribution in [1.82, 2.24) is 10.6 Å². The van der Waals surface area contributed by atoms with Crippen molar-refractivity contribution in [2.75, 3.05) is 25.4 Å².